The van der Waals surface area contributed by atoms with Crippen LogP contribution in [0.3, 0.4) is 0 Å². The highest BCUT2D eigenvalue weighted by Gasteiger charge is 2.04. The van der Waals surface area contributed by atoms with Gasteiger partial charge in [-0.25, -0.2) is 0 Å². The number of nitrogens with one attached hydrogen (secondary N) is 1. The molecule has 0 aliphatic carbocycles. The van der Waals surface area contributed by atoms with Crippen molar-refractivity contribution in [2.75, 3.05) is 5.32 Å². The Morgan fingerprint density at radius 1 is 1.14 bits per heavy atom. The molecule has 5 nitrogen and oxygen atoms in total. The second kappa shape index (κ2) is 6.67. The molecule has 112 valence electrons. The molecule has 2 aromatic rings. The molecule has 0 aliphatic heterocycles. The number of non-ortho nitro benzene ring substituents is 1. The molecule has 0 heterocycles. The quantitative estimate of drug-likeness (QED) is 0.529. The maximum atomic E-state index is 11.9. The fraction of sp³-hybridized carbons (Fsp3) is 0.118. The van der Waals surface area contributed by atoms with E-state index in [-0.39, 0.29) is 11.6 Å². The summed E-state index contributed by atoms with van der Waals surface area (Å²) in [5.41, 5.74) is 3.66. The monoisotopic (exact) mass is 296 g/mol. The normalized spacial score (nSPS) is 10.6. The second-order valence-electron chi connectivity index (χ2n) is 4.92. The Morgan fingerprint density at radius 3 is 2.45 bits per heavy atom. The number of carbonyl (C=O) groups is 1. The largest absolute Gasteiger partial charge is 0.322 e. The number of amides is 1. The zero-order valence-electron chi connectivity index (χ0n) is 12.4. The van der Waals surface area contributed by atoms with E-state index < -0.39 is 4.92 Å². The molecule has 22 heavy (non-hydrogen) atoms. The molecule has 0 aliphatic rings. The van der Waals surface area contributed by atoms with Gasteiger partial charge in [0.25, 0.3) is 5.69 Å². The minimum Gasteiger partial charge on any atom is -0.322 e. The van der Waals surface area contributed by atoms with Gasteiger partial charge in [-0.2, -0.15) is 0 Å². The summed E-state index contributed by atoms with van der Waals surface area (Å²) >= 11 is 0. The van der Waals surface area contributed by atoms with Gasteiger partial charge in [-0.15, -0.1) is 0 Å². The van der Waals surface area contributed by atoms with Crippen molar-refractivity contribution in [3.63, 3.8) is 0 Å². The van der Waals surface area contributed by atoms with Crippen molar-refractivity contribution in [3.05, 3.63) is 75.3 Å². The van der Waals surface area contributed by atoms with Crippen LogP contribution in [0.25, 0.3) is 6.08 Å². The van der Waals surface area contributed by atoms with Crippen molar-refractivity contribution in [3.8, 4) is 0 Å². The lowest BCUT2D eigenvalue weighted by atomic mass is 10.1. The van der Waals surface area contributed by atoms with Gasteiger partial charge in [-0.3, -0.25) is 14.9 Å². The number of nitro groups is 1. The van der Waals surface area contributed by atoms with Gasteiger partial charge in [0, 0.05) is 23.9 Å². The molecular weight excluding hydrogens is 280 g/mol. The van der Waals surface area contributed by atoms with Gasteiger partial charge in [0.15, 0.2) is 0 Å². The fourth-order valence-corrected chi connectivity index (χ4v) is 1.94. The number of hydrogen-bond donors (Lipinski definition) is 1. The topological polar surface area (TPSA) is 72.2 Å². The lowest BCUT2D eigenvalue weighted by Gasteiger charge is -2.08. The first-order valence-corrected chi connectivity index (χ1v) is 6.77. The number of nitro benzene ring substituents is 1. The Morgan fingerprint density at radius 2 is 1.82 bits per heavy atom. The van der Waals surface area contributed by atoms with Crippen molar-refractivity contribution < 1.29 is 9.72 Å². The van der Waals surface area contributed by atoms with E-state index in [1.54, 1.807) is 18.2 Å². The van der Waals surface area contributed by atoms with Gasteiger partial charge >= 0.3 is 0 Å². The Labute approximate surface area is 128 Å². The number of aryl methyl sites for hydroxylation is 1. The highest BCUT2D eigenvalue weighted by atomic mass is 16.6. The van der Waals surface area contributed by atoms with Crippen molar-refractivity contribution in [1.29, 1.82) is 0 Å². The van der Waals surface area contributed by atoms with E-state index in [4.69, 9.17) is 0 Å². The van der Waals surface area contributed by atoms with Crippen molar-refractivity contribution in [1.82, 2.24) is 0 Å². The van der Waals surface area contributed by atoms with Crippen LogP contribution in [0.15, 0.2) is 48.5 Å². The molecule has 0 spiro atoms. The highest BCUT2D eigenvalue weighted by Crippen LogP contribution is 2.18. The molecule has 0 saturated heterocycles. The summed E-state index contributed by atoms with van der Waals surface area (Å²) in [5.74, 6) is -0.243. The standard InChI is InChI=1S/C17H16N2O3/c1-12-4-3-5-16(13(12)2)18-17(20)11-8-14-6-9-15(10-7-14)19(21)22/h3-11H,1-2H3,(H,18,20)/b11-8+. The highest BCUT2D eigenvalue weighted by molar-refractivity contribution is 6.02. The zero-order valence-corrected chi connectivity index (χ0v) is 12.4. The fourth-order valence-electron chi connectivity index (χ4n) is 1.94. The summed E-state index contributed by atoms with van der Waals surface area (Å²) in [4.78, 5) is 22.0. The number of nitrogens with zero attached hydrogens (tertiary/aromatic N) is 1. The maximum absolute atomic E-state index is 11.9. The third kappa shape index (κ3) is 3.79. The number of rotatable bonds is 4. The Balaban J connectivity index is 2.05. The summed E-state index contributed by atoms with van der Waals surface area (Å²) in [7, 11) is 0. The minimum absolute atomic E-state index is 0.0250. The number of hydrogen-bond acceptors (Lipinski definition) is 3. The van der Waals surface area contributed by atoms with Gasteiger partial charge in [0.05, 0.1) is 4.92 Å². The van der Waals surface area contributed by atoms with Crippen LogP contribution < -0.4 is 5.32 Å². The molecule has 2 rings (SSSR count). The van der Waals surface area contributed by atoms with E-state index in [1.807, 2.05) is 32.0 Å². The van der Waals surface area contributed by atoms with Crippen LogP contribution in [-0.2, 0) is 4.79 Å². The molecule has 1 N–H and O–H groups in total. The van der Waals surface area contributed by atoms with Gasteiger partial charge in [-0.1, -0.05) is 12.1 Å². The van der Waals surface area contributed by atoms with Gasteiger partial charge in [0.1, 0.15) is 0 Å². The van der Waals surface area contributed by atoms with Gasteiger partial charge in [-0.05, 0) is 54.8 Å². The zero-order chi connectivity index (χ0) is 16.1. The summed E-state index contributed by atoms with van der Waals surface area (Å²) in [6.45, 7) is 3.93. The summed E-state index contributed by atoms with van der Waals surface area (Å²) in [5, 5.41) is 13.4. The smallest absolute Gasteiger partial charge is 0.269 e. The van der Waals surface area contributed by atoms with E-state index in [0.717, 1.165) is 22.4 Å². The molecule has 0 saturated carbocycles. The third-order valence-corrected chi connectivity index (χ3v) is 3.39. The first-order chi connectivity index (χ1) is 10.5. The molecule has 0 atom stereocenters. The Kier molecular flexibility index (Phi) is 4.68. The molecule has 1 amide bonds. The maximum Gasteiger partial charge on any atom is 0.269 e. The van der Waals surface area contributed by atoms with E-state index in [9.17, 15) is 14.9 Å². The van der Waals surface area contributed by atoms with E-state index >= 15 is 0 Å². The average molecular weight is 296 g/mol. The lowest BCUT2D eigenvalue weighted by Crippen LogP contribution is -2.09. The number of benzene rings is 2. The Hall–Kier alpha value is -2.95. The predicted octanol–water partition coefficient (Wildman–Crippen LogP) is 3.86. The first kappa shape index (κ1) is 15.4. The first-order valence-electron chi connectivity index (χ1n) is 6.77. The predicted molar refractivity (Wildman–Crippen MR) is 86.7 cm³/mol. The third-order valence-electron chi connectivity index (χ3n) is 3.39. The van der Waals surface area contributed by atoms with Crippen LogP contribution in [-0.4, -0.2) is 10.8 Å². The molecule has 2 aromatic carbocycles. The second-order valence-corrected chi connectivity index (χ2v) is 4.92. The molecule has 0 aromatic heterocycles. The lowest BCUT2D eigenvalue weighted by molar-refractivity contribution is -0.384. The van der Waals surface area contributed by atoms with Crippen LogP contribution in [0.4, 0.5) is 11.4 Å². The molecule has 5 heteroatoms. The molecule has 0 unspecified atom stereocenters. The van der Waals surface area contributed by atoms with Gasteiger partial charge < -0.3 is 5.32 Å². The molecule has 0 radical (unpaired) electrons. The number of carbonyl (C=O) groups excluding carboxylic acids is 1. The van der Waals surface area contributed by atoms with Gasteiger partial charge in [0.2, 0.25) is 5.91 Å². The Bertz CT molecular complexity index is 734. The van der Waals surface area contributed by atoms with E-state index in [0.29, 0.717) is 0 Å². The van der Waals surface area contributed by atoms with Crippen LogP contribution in [0.1, 0.15) is 16.7 Å². The van der Waals surface area contributed by atoms with Crippen LogP contribution >= 0.6 is 0 Å². The van der Waals surface area contributed by atoms with Crippen LogP contribution in [0.2, 0.25) is 0 Å². The van der Waals surface area contributed by atoms with Crippen molar-refractivity contribution in [2.45, 2.75) is 13.8 Å². The SMILES string of the molecule is Cc1cccc(NC(=O)/C=C/c2ccc([N+](=O)[O-])cc2)c1C. The van der Waals surface area contributed by atoms with Crippen LogP contribution in [0.5, 0.6) is 0 Å². The summed E-state index contributed by atoms with van der Waals surface area (Å²) in [6, 6.07) is 11.7. The summed E-state index contributed by atoms with van der Waals surface area (Å²) < 4.78 is 0. The van der Waals surface area contributed by atoms with Crippen molar-refractivity contribution >= 4 is 23.4 Å². The molecule has 0 fully saturated rings. The molecular formula is C17H16N2O3. The summed E-state index contributed by atoms with van der Waals surface area (Å²) in [6.07, 6.45) is 3.02. The van der Waals surface area contributed by atoms with E-state index in [1.165, 1.54) is 18.2 Å². The number of anilines is 1. The van der Waals surface area contributed by atoms with Crippen LogP contribution in [0, 0.1) is 24.0 Å². The van der Waals surface area contributed by atoms with E-state index in [2.05, 4.69) is 5.32 Å². The average Bonchev–Trinajstić information content (AvgIpc) is 2.50. The molecule has 0 bridgehead atoms. The van der Waals surface area contributed by atoms with Crippen molar-refractivity contribution in [2.24, 2.45) is 0 Å². The minimum atomic E-state index is -0.458.